The molecule has 0 aromatic rings. The Balaban J connectivity index is 0.000001000. The minimum atomic E-state index is -0.972. The van der Waals surface area contributed by atoms with E-state index >= 15 is 0 Å². The summed E-state index contributed by atoms with van der Waals surface area (Å²) in [7, 11) is 0. The Morgan fingerprint density at radius 1 is 1.36 bits per heavy atom. The van der Waals surface area contributed by atoms with Gasteiger partial charge in [0.05, 0.1) is 6.10 Å². The van der Waals surface area contributed by atoms with Crippen molar-refractivity contribution in [2.24, 2.45) is 5.92 Å². The van der Waals surface area contributed by atoms with Crippen molar-refractivity contribution in [3.8, 4) is 0 Å². The van der Waals surface area contributed by atoms with Gasteiger partial charge in [-0.05, 0) is 6.42 Å². The van der Waals surface area contributed by atoms with Gasteiger partial charge in [-0.3, -0.25) is 0 Å². The normalized spacial score (nSPS) is 43.6. The molecular weight excluding hydrogens is 221 g/mol. The molecule has 3 nitrogen and oxygen atoms in total. The van der Waals surface area contributed by atoms with Crippen LogP contribution < -0.4 is 0 Å². The van der Waals surface area contributed by atoms with Gasteiger partial charge in [0.15, 0.2) is 6.29 Å². The number of ether oxygens (including phenoxy) is 1. The van der Waals surface area contributed by atoms with Gasteiger partial charge in [0.25, 0.3) is 0 Å². The van der Waals surface area contributed by atoms with Crippen LogP contribution >= 0.6 is 0 Å². The van der Waals surface area contributed by atoms with Crippen molar-refractivity contribution in [3.05, 3.63) is 0 Å². The van der Waals surface area contributed by atoms with Crippen molar-refractivity contribution >= 4 is 0 Å². The third kappa shape index (κ3) is 2.46. The first kappa shape index (κ1) is 12.0. The zero-order valence-electron chi connectivity index (χ0n) is 6.90. The van der Waals surface area contributed by atoms with Crippen LogP contribution in [0.15, 0.2) is 0 Å². The Kier molecular flexibility index (Phi) is 5.31. The average Bonchev–Trinajstić information content (AvgIpc) is 2.17. The second-order valence-electron chi connectivity index (χ2n) is 2.82. The summed E-state index contributed by atoms with van der Waals surface area (Å²) < 4.78 is 5.04. The summed E-state index contributed by atoms with van der Waals surface area (Å²) >= 11 is 0. The van der Waals surface area contributed by atoms with Gasteiger partial charge in [-0.15, -0.1) is 0 Å². The van der Waals surface area contributed by atoms with Crippen LogP contribution in [-0.2, 0) is 37.4 Å². The maximum absolute atomic E-state index is 9.19. The fourth-order valence-electron chi connectivity index (χ4n) is 1.33. The summed E-state index contributed by atoms with van der Waals surface area (Å²) in [5, 5.41) is 18.2. The minimum absolute atomic E-state index is 0. The zero-order chi connectivity index (χ0) is 7.72. The molecule has 0 spiro atoms. The van der Waals surface area contributed by atoms with E-state index in [0.29, 0.717) is 0 Å². The van der Waals surface area contributed by atoms with Crippen LogP contribution in [0.5, 0.6) is 0 Å². The molecular formula is C7H14O3Y. The largest absolute Gasteiger partial charge is 0.387 e. The predicted molar refractivity (Wildman–Crippen MR) is 36.3 cm³/mol. The van der Waals surface area contributed by atoms with E-state index in [1.807, 2.05) is 13.8 Å². The van der Waals surface area contributed by atoms with E-state index in [9.17, 15) is 5.11 Å². The number of aliphatic hydroxyl groups is 2. The van der Waals surface area contributed by atoms with Gasteiger partial charge in [-0.25, -0.2) is 0 Å². The van der Waals surface area contributed by atoms with E-state index in [2.05, 4.69) is 0 Å². The molecule has 0 amide bonds. The first-order valence-corrected chi connectivity index (χ1v) is 3.68. The van der Waals surface area contributed by atoms with Crippen molar-refractivity contribution in [3.63, 3.8) is 0 Å². The third-order valence-electron chi connectivity index (χ3n) is 2.13. The molecule has 4 heteroatoms. The summed E-state index contributed by atoms with van der Waals surface area (Å²) in [5.74, 6) is 0.0556. The molecule has 0 saturated carbocycles. The molecule has 1 unspecified atom stereocenters. The molecule has 1 radical (unpaired) electrons. The number of aliphatic hydroxyl groups excluding tert-OH is 2. The van der Waals surface area contributed by atoms with Crippen LogP contribution in [0.2, 0.25) is 0 Å². The van der Waals surface area contributed by atoms with E-state index in [1.54, 1.807) is 0 Å². The summed E-state index contributed by atoms with van der Waals surface area (Å²) in [4.78, 5) is 0. The van der Waals surface area contributed by atoms with Crippen LogP contribution in [0.3, 0.4) is 0 Å². The SMILES string of the molecule is CC[C@H]1OC(O)[C@H](O)[C@@H]1C.[Y]. The first-order valence-electron chi connectivity index (χ1n) is 3.68. The Hall–Kier alpha value is 0.984. The minimum Gasteiger partial charge on any atom is -0.387 e. The molecule has 2 N–H and O–H groups in total. The average molecular weight is 235 g/mol. The zero-order valence-corrected chi connectivity index (χ0v) is 9.73. The van der Waals surface area contributed by atoms with Crippen LogP contribution in [0.25, 0.3) is 0 Å². The molecule has 11 heavy (non-hydrogen) atoms. The maximum Gasteiger partial charge on any atom is 0.181 e. The molecule has 0 aliphatic carbocycles. The van der Waals surface area contributed by atoms with Crippen molar-refractivity contribution in [1.29, 1.82) is 0 Å². The summed E-state index contributed by atoms with van der Waals surface area (Å²) in [6, 6.07) is 0. The summed E-state index contributed by atoms with van der Waals surface area (Å²) in [6.45, 7) is 3.86. The Morgan fingerprint density at radius 2 is 1.91 bits per heavy atom. The molecule has 0 aromatic heterocycles. The molecule has 1 aliphatic rings. The standard InChI is InChI=1S/C7H14O3.Y/c1-3-5-4(2)6(8)7(9)10-5;/h4-9H,3H2,1-2H3;/t4-,5-,6-,7?;/m1./s1. The van der Waals surface area contributed by atoms with Crippen molar-refractivity contribution < 1.29 is 47.7 Å². The van der Waals surface area contributed by atoms with E-state index in [0.717, 1.165) is 6.42 Å². The number of rotatable bonds is 1. The molecule has 4 atom stereocenters. The second-order valence-corrected chi connectivity index (χ2v) is 2.82. The molecule has 0 bridgehead atoms. The maximum atomic E-state index is 9.19. The Labute approximate surface area is 92.0 Å². The number of hydrogen-bond donors (Lipinski definition) is 2. The van der Waals surface area contributed by atoms with Crippen LogP contribution in [0.4, 0.5) is 0 Å². The number of hydrogen-bond acceptors (Lipinski definition) is 3. The molecule has 1 saturated heterocycles. The molecule has 1 fully saturated rings. The molecule has 1 rings (SSSR count). The van der Waals surface area contributed by atoms with Crippen molar-refractivity contribution in [2.45, 2.75) is 38.8 Å². The van der Waals surface area contributed by atoms with Crippen LogP contribution in [0, 0.1) is 5.92 Å². The fourth-order valence-corrected chi connectivity index (χ4v) is 1.33. The van der Waals surface area contributed by atoms with Crippen molar-refractivity contribution in [2.75, 3.05) is 0 Å². The van der Waals surface area contributed by atoms with Gasteiger partial charge in [0.1, 0.15) is 6.10 Å². The van der Waals surface area contributed by atoms with Crippen molar-refractivity contribution in [1.82, 2.24) is 0 Å². The third-order valence-corrected chi connectivity index (χ3v) is 2.13. The first-order chi connectivity index (χ1) is 4.66. The van der Waals surface area contributed by atoms with Gasteiger partial charge in [0.2, 0.25) is 0 Å². The van der Waals surface area contributed by atoms with E-state index in [-0.39, 0.29) is 44.7 Å². The monoisotopic (exact) mass is 235 g/mol. The Bertz CT molecular complexity index is 120. The quantitative estimate of drug-likeness (QED) is 0.678. The smallest absolute Gasteiger partial charge is 0.181 e. The van der Waals surface area contributed by atoms with Crippen LogP contribution in [0.1, 0.15) is 20.3 Å². The summed E-state index contributed by atoms with van der Waals surface area (Å²) in [6.07, 6.45) is -0.815. The van der Waals surface area contributed by atoms with Gasteiger partial charge >= 0.3 is 0 Å². The fraction of sp³-hybridized carbons (Fsp3) is 1.00. The van der Waals surface area contributed by atoms with Crippen LogP contribution in [-0.4, -0.2) is 28.7 Å². The molecule has 1 aliphatic heterocycles. The van der Waals surface area contributed by atoms with Gasteiger partial charge in [-0.1, -0.05) is 13.8 Å². The van der Waals surface area contributed by atoms with E-state index < -0.39 is 12.4 Å². The predicted octanol–water partition coefficient (Wildman–Crippen LogP) is 0.108. The van der Waals surface area contributed by atoms with Gasteiger partial charge in [-0.2, -0.15) is 0 Å². The second kappa shape index (κ2) is 4.88. The molecule has 63 valence electrons. The van der Waals surface area contributed by atoms with Gasteiger partial charge in [0, 0.05) is 38.6 Å². The molecule has 0 aromatic carbocycles. The topological polar surface area (TPSA) is 49.7 Å². The molecule has 1 heterocycles. The summed E-state index contributed by atoms with van der Waals surface area (Å²) in [5.41, 5.74) is 0. The van der Waals surface area contributed by atoms with E-state index in [1.165, 1.54) is 0 Å². The van der Waals surface area contributed by atoms with Gasteiger partial charge < -0.3 is 14.9 Å². The van der Waals surface area contributed by atoms with E-state index in [4.69, 9.17) is 9.84 Å². The Morgan fingerprint density at radius 3 is 2.09 bits per heavy atom.